The molecule has 0 amide bonds. The van der Waals surface area contributed by atoms with Gasteiger partial charge in [-0.15, -0.1) is 11.3 Å². The molecular formula is C15H18N6OS. The number of aryl methyl sites for hydroxylation is 2. The minimum Gasteiger partial charge on any atom is -0.362 e. The molecule has 120 valence electrons. The van der Waals surface area contributed by atoms with Crippen LogP contribution in [0, 0.1) is 6.92 Å². The molecule has 3 aromatic heterocycles. The fourth-order valence-corrected chi connectivity index (χ4v) is 3.73. The molecule has 3 heterocycles. The van der Waals surface area contributed by atoms with E-state index in [1.165, 1.54) is 4.88 Å². The lowest BCUT2D eigenvalue weighted by atomic mass is 10.3. The summed E-state index contributed by atoms with van der Waals surface area (Å²) >= 11 is 1.70. The van der Waals surface area contributed by atoms with Crippen LogP contribution in [0.15, 0.2) is 10.9 Å². The summed E-state index contributed by atoms with van der Waals surface area (Å²) in [6.07, 6.45) is 3.08. The fraction of sp³-hybridized carbons (Fsp3) is 0.467. The topological polar surface area (TPSA) is 88.5 Å². The van der Waals surface area contributed by atoms with E-state index in [2.05, 4.69) is 38.5 Å². The van der Waals surface area contributed by atoms with Crippen LogP contribution in [0.1, 0.15) is 42.3 Å². The highest BCUT2D eigenvalue weighted by Crippen LogP contribution is 2.34. The van der Waals surface area contributed by atoms with Gasteiger partial charge in [-0.1, -0.05) is 6.92 Å². The standard InChI is InChI=1S/C15H18N6OS/c1-3-10-6-11-13(17-8(2)18-14(11)23-10)16-7-12-19-20-15(22)21(12)9-4-5-9/h6,9H,3-5,7H2,1-2H3,(H,20,22)(H,16,17,18). The quantitative estimate of drug-likeness (QED) is 0.750. The lowest BCUT2D eigenvalue weighted by Gasteiger charge is -2.08. The minimum absolute atomic E-state index is 0.128. The molecule has 0 saturated heterocycles. The van der Waals surface area contributed by atoms with Crippen LogP contribution in [-0.4, -0.2) is 24.7 Å². The molecule has 1 saturated carbocycles. The van der Waals surface area contributed by atoms with E-state index in [0.29, 0.717) is 12.6 Å². The Labute approximate surface area is 136 Å². The van der Waals surface area contributed by atoms with Crippen molar-refractivity contribution in [2.24, 2.45) is 0 Å². The van der Waals surface area contributed by atoms with Gasteiger partial charge in [0.2, 0.25) is 0 Å². The monoisotopic (exact) mass is 330 g/mol. The number of H-pyrrole nitrogens is 1. The summed E-state index contributed by atoms with van der Waals surface area (Å²) in [5, 5.41) is 11.0. The second-order valence-electron chi connectivity index (χ2n) is 5.80. The molecular weight excluding hydrogens is 312 g/mol. The van der Waals surface area contributed by atoms with E-state index in [-0.39, 0.29) is 5.69 Å². The van der Waals surface area contributed by atoms with Gasteiger partial charge in [0.15, 0.2) is 5.82 Å². The Bertz CT molecular complexity index is 920. The van der Waals surface area contributed by atoms with Crippen molar-refractivity contribution in [3.8, 4) is 0 Å². The Morgan fingerprint density at radius 1 is 1.43 bits per heavy atom. The highest BCUT2D eigenvalue weighted by molar-refractivity contribution is 7.18. The van der Waals surface area contributed by atoms with Gasteiger partial charge in [-0.25, -0.2) is 19.9 Å². The molecule has 0 spiro atoms. The third-order valence-corrected chi connectivity index (χ3v) is 5.18. The summed E-state index contributed by atoms with van der Waals surface area (Å²) in [6.45, 7) is 4.50. The second-order valence-corrected chi connectivity index (χ2v) is 6.92. The molecule has 0 aliphatic heterocycles. The van der Waals surface area contributed by atoms with Crippen LogP contribution in [-0.2, 0) is 13.0 Å². The Hall–Kier alpha value is -2.22. The van der Waals surface area contributed by atoms with Crippen LogP contribution in [0.3, 0.4) is 0 Å². The molecule has 4 rings (SSSR count). The minimum atomic E-state index is -0.128. The molecule has 1 aliphatic carbocycles. The SMILES string of the molecule is CCc1cc2c(NCc3n[nH]c(=O)n3C3CC3)nc(C)nc2s1. The van der Waals surface area contributed by atoms with Crippen LogP contribution < -0.4 is 11.0 Å². The Balaban J connectivity index is 1.65. The molecule has 0 aromatic carbocycles. The zero-order valence-electron chi connectivity index (χ0n) is 13.1. The first-order chi connectivity index (χ1) is 11.2. The van der Waals surface area contributed by atoms with Crippen molar-refractivity contribution in [3.63, 3.8) is 0 Å². The van der Waals surface area contributed by atoms with Gasteiger partial charge in [-0.2, -0.15) is 5.10 Å². The van der Waals surface area contributed by atoms with E-state index in [1.807, 2.05) is 6.92 Å². The van der Waals surface area contributed by atoms with Crippen molar-refractivity contribution < 1.29 is 0 Å². The number of nitrogens with zero attached hydrogens (tertiary/aromatic N) is 4. The van der Waals surface area contributed by atoms with E-state index in [1.54, 1.807) is 15.9 Å². The van der Waals surface area contributed by atoms with Gasteiger partial charge in [0, 0.05) is 10.9 Å². The van der Waals surface area contributed by atoms with Crippen molar-refractivity contribution in [2.75, 3.05) is 5.32 Å². The first-order valence-corrected chi connectivity index (χ1v) is 8.64. The maximum Gasteiger partial charge on any atom is 0.343 e. The zero-order valence-corrected chi connectivity index (χ0v) is 13.9. The van der Waals surface area contributed by atoms with Crippen LogP contribution >= 0.6 is 11.3 Å². The lowest BCUT2D eigenvalue weighted by molar-refractivity contribution is 0.668. The smallest absolute Gasteiger partial charge is 0.343 e. The summed E-state index contributed by atoms with van der Waals surface area (Å²) in [5.41, 5.74) is -0.128. The fourth-order valence-electron chi connectivity index (χ4n) is 2.72. The van der Waals surface area contributed by atoms with E-state index >= 15 is 0 Å². The molecule has 3 aromatic rings. The first-order valence-electron chi connectivity index (χ1n) is 7.82. The summed E-state index contributed by atoms with van der Waals surface area (Å²) in [6, 6.07) is 2.44. The zero-order chi connectivity index (χ0) is 16.0. The number of nitrogens with one attached hydrogen (secondary N) is 2. The van der Waals surface area contributed by atoms with Crippen LogP contribution in [0.25, 0.3) is 10.2 Å². The molecule has 0 unspecified atom stereocenters. The Morgan fingerprint density at radius 2 is 2.26 bits per heavy atom. The molecule has 1 aliphatic rings. The molecule has 0 atom stereocenters. The molecule has 1 fully saturated rings. The van der Waals surface area contributed by atoms with Crippen molar-refractivity contribution in [1.29, 1.82) is 0 Å². The highest BCUT2D eigenvalue weighted by Gasteiger charge is 2.28. The van der Waals surface area contributed by atoms with E-state index in [0.717, 1.165) is 46.9 Å². The number of hydrogen-bond donors (Lipinski definition) is 2. The van der Waals surface area contributed by atoms with Gasteiger partial charge in [-0.3, -0.25) is 4.57 Å². The van der Waals surface area contributed by atoms with Crippen LogP contribution in [0.2, 0.25) is 0 Å². The highest BCUT2D eigenvalue weighted by atomic mass is 32.1. The van der Waals surface area contributed by atoms with Gasteiger partial charge < -0.3 is 5.32 Å². The molecule has 2 N–H and O–H groups in total. The van der Waals surface area contributed by atoms with Gasteiger partial charge in [0.25, 0.3) is 0 Å². The van der Waals surface area contributed by atoms with Crippen LogP contribution in [0.5, 0.6) is 0 Å². The third kappa shape index (κ3) is 2.63. The molecule has 0 bridgehead atoms. The van der Waals surface area contributed by atoms with E-state index in [9.17, 15) is 4.79 Å². The second kappa shape index (κ2) is 5.45. The largest absolute Gasteiger partial charge is 0.362 e. The summed E-state index contributed by atoms with van der Waals surface area (Å²) in [4.78, 5) is 23.2. The molecule has 23 heavy (non-hydrogen) atoms. The average Bonchev–Trinajstić information content (AvgIpc) is 3.17. The Kier molecular flexibility index (Phi) is 3.41. The summed E-state index contributed by atoms with van der Waals surface area (Å²) < 4.78 is 1.75. The number of aromatic nitrogens is 5. The summed E-state index contributed by atoms with van der Waals surface area (Å²) in [7, 11) is 0. The normalized spacial score (nSPS) is 14.5. The van der Waals surface area contributed by atoms with E-state index in [4.69, 9.17) is 0 Å². The predicted molar refractivity (Wildman–Crippen MR) is 90.0 cm³/mol. The van der Waals surface area contributed by atoms with Gasteiger partial charge in [0.1, 0.15) is 16.5 Å². The maximum absolute atomic E-state index is 11.8. The molecule has 8 heteroatoms. The maximum atomic E-state index is 11.8. The number of rotatable bonds is 5. The number of thiophene rings is 1. The number of aromatic amines is 1. The van der Waals surface area contributed by atoms with Crippen molar-refractivity contribution >= 4 is 27.4 Å². The molecule has 7 nitrogen and oxygen atoms in total. The Morgan fingerprint density at radius 3 is 3.00 bits per heavy atom. The number of hydrogen-bond acceptors (Lipinski definition) is 6. The first kappa shape index (κ1) is 14.4. The molecule has 0 radical (unpaired) electrons. The summed E-state index contributed by atoms with van der Waals surface area (Å²) in [5.74, 6) is 2.28. The number of fused-ring (bicyclic) bond motifs is 1. The van der Waals surface area contributed by atoms with Crippen molar-refractivity contribution in [2.45, 2.75) is 45.7 Å². The predicted octanol–water partition coefficient (Wildman–Crippen LogP) is 2.39. The van der Waals surface area contributed by atoms with Gasteiger partial charge in [0.05, 0.1) is 11.9 Å². The average molecular weight is 330 g/mol. The lowest BCUT2D eigenvalue weighted by Crippen LogP contribution is -2.19. The van der Waals surface area contributed by atoms with Gasteiger partial charge >= 0.3 is 5.69 Å². The number of anilines is 1. The third-order valence-electron chi connectivity index (χ3n) is 4.01. The van der Waals surface area contributed by atoms with E-state index < -0.39 is 0 Å². The van der Waals surface area contributed by atoms with Crippen molar-refractivity contribution in [3.05, 3.63) is 33.1 Å². The van der Waals surface area contributed by atoms with Gasteiger partial charge in [-0.05, 0) is 32.3 Å². The van der Waals surface area contributed by atoms with Crippen LogP contribution in [0.4, 0.5) is 5.82 Å². The van der Waals surface area contributed by atoms with Crippen molar-refractivity contribution in [1.82, 2.24) is 24.7 Å².